The van der Waals surface area contributed by atoms with E-state index in [1.54, 1.807) is 12.3 Å². The number of aryl methyl sites for hydroxylation is 2. The first-order valence-corrected chi connectivity index (χ1v) is 6.16. The van der Waals surface area contributed by atoms with Crippen LogP contribution in [-0.4, -0.2) is 11.0 Å². The van der Waals surface area contributed by atoms with Crippen molar-refractivity contribution < 1.29 is 4.79 Å². The molecule has 0 aliphatic rings. The van der Waals surface area contributed by atoms with Crippen molar-refractivity contribution in [2.24, 2.45) is 0 Å². The standard InChI is InChI=1S/C15H17N3O/c1-11-4-3-5-13(8-11)10-17-15(19)18-14-7-6-12(2)9-16-14/h3-9H,10H2,1-2H3,(H2,16,17,18,19). The highest BCUT2D eigenvalue weighted by Crippen LogP contribution is 2.05. The van der Waals surface area contributed by atoms with Crippen molar-refractivity contribution in [2.75, 3.05) is 5.32 Å². The average molecular weight is 255 g/mol. The molecule has 0 spiro atoms. The molecule has 0 fully saturated rings. The summed E-state index contributed by atoms with van der Waals surface area (Å²) in [7, 11) is 0. The zero-order chi connectivity index (χ0) is 13.7. The summed E-state index contributed by atoms with van der Waals surface area (Å²) in [6, 6.07) is 11.5. The molecule has 0 unspecified atom stereocenters. The summed E-state index contributed by atoms with van der Waals surface area (Å²) in [4.78, 5) is 15.8. The first-order valence-electron chi connectivity index (χ1n) is 6.16. The Hall–Kier alpha value is -2.36. The normalized spacial score (nSPS) is 10.0. The highest BCUT2D eigenvalue weighted by molar-refractivity contribution is 5.88. The van der Waals surface area contributed by atoms with E-state index in [9.17, 15) is 4.79 Å². The Morgan fingerprint density at radius 2 is 2.00 bits per heavy atom. The van der Waals surface area contributed by atoms with Gasteiger partial charge in [0.25, 0.3) is 0 Å². The fraction of sp³-hybridized carbons (Fsp3) is 0.200. The van der Waals surface area contributed by atoms with Crippen LogP contribution in [0.3, 0.4) is 0 Å². The zero-order valence-electron chi connectivity index (χ0n) is 11.1. The number of aromatic nitrogens is 1. The number of urea groups is 1. The maximum absolute atomic E-state index is 11.7. The number of nitrogens with zero attached hydrogens (tertiary/aromatic N) is 1. The second-order valence-electron chi connectivity index (χ2n) is 4.52. The fourth-order valence-corrected chi connectivity index (χ4v) is 1.71. The van der Waals surface area contributed by atoms with Crippen molar-refractivity contribution in [1.82, 2.24) is 10.3 Å². The Bertz CT molecular complexity index is 564. The number of anilines is 1. The van der Waals surface area contributed by atoms with Crippen LogP contribution in [-0.2, 0) is 6.54 Å². The highest BCUT2D eigenvalue weighted by atomic mass is 16.2. The lowest BCUT2D eigenvalue weighted by atomic mass is 10.1. The van der Waals surface area contributed by atoms with Gasteiger partial charge in [0, 0.05) is 12.7 Å². The summed E-state index contributed by atoms with van der Waals surface area (Å²) in [6.07, 6.45) is 1.72. The molecule has 4 heteroatoms. The number of hydrogen-bond acceptors (Lipinski definition) is 2. The second kappa shape index (κ2) is 6.00. The largest absolute Gasteiger partial charge is 0.334 e. The molecule has 0 saturated carbocycles. The molecule has 0 saturated heterocycles. The van der Waals surface area contributed by atoms with Gasteiger partial charge in [-0.3, -0.25) is 5.32 Å². The van der Waals surface area contributed by atoms with Crippen LogP contribution in [0.4, 0.5) is 10.6 Å². The van der Waals surface area contributed by atoms with Gasteiger partial charge < -0.3 is 5.32 Å². The van der Waals surface area contributed by atoms with Crippen molar-refractivity contribution in [3.05, 3.63) is 59.3 Å². The molecule has 4 nitrogen and oxygen atoms in total. The molecule has 0 bridgehead atoms. The van der Waals surface area contributed by atoms with Gasteiger partial charge in [0.2, 0.25) is 0 Å². The van der Waals surface area contributed by atoms with E-state index in [0.717, 1.165) is 11.1 Å². The molecule has 0 atom stereocenters. The summed E-state index contributed by atoms with van der Waals surface area (Å²) in [5.74, 6) is 0.548. The Morgan fingerprint density at radius 3 is 2.68 bits per heavy atom. The third-order valence-corrected chi connectivity index (χ3v) is 2.69. The number of hydrogen-bond donors (Lipinski definition) is 2. The molecule has 98 valence electrons. The van der Waals surface area contributed by atoms with E-state index in [1.165, 1.54) is 5.56 Å². The summed E-state index contributed by atoms with van der Waals surface area (Å²) in [5, 5.41) is 5.49. The van der Waals surface area contributed by atoms with E-state index in [0.29, 0.717) is 12.4 Å². The van der Waals surface area contributed by atoms with Crippen LogP contribution in [0.1, 0.15) is 16.7 Å². The van der Waals surface area contributed by atoms with E-state index in [2.05, 4.69) is 15.6 Å². The van der Waals surface area contributed by atoms with Gasteiger partial charge in [-0.15, -0.1) is 0 Å². The number of pyridine rings is 1. The van der Waals surface area contributed by atoms with Gasteiger partial charge in [-0.25, -0.2) is 9.78 Å². The van der Waals surface area contributed by atoms with Gasteiger partial charge in [0.15, 0.2) is 0 Å². The minimum atomic E-state index is -0.252. The minimum Gasteiger partial charge on any atom is -0.334 e. The molecule has 0 aliphatic heterocycles. The van der Waals surface area contributed by atoms with Crippen LogP contribution in [0.5, 0.6) is 0 Å². The molecule has 1 heterocycles. The van der Waals surface area contributed by atoms with Gasteiger partial charge in [0.1, 0.15) is 5.82 Å². The van der Waals surface area contributed by atoms with Crippen LogP contribution in [0.2, 0.25) is 0 Å². The lowest BCUT2D eigenvalue weighted by Crippen LogP contribution is -2.28. The maximum Gasteiger partial charge on any atom is 0.320 e. The third-order valence-electron chi connectivity index (χ3n) is 2.69. The molecule has 2 amide bonds. The topological polar surface area (TPSA) is 54.0 Å². The predicted octanol–water partition coefficient (Wildman–Crippen LogP) is 3.02. The summed E-state index contributed by atoms with van der Waals surface area (Å²) in [6.45, 7) is 4.48. The van der Waals surface area contributed by atoms with E-state index in [1.807, 2.05) is 44.2 Å². The molecule has 19 heavy (non-hydrogen) atoms. The third kappa shape index (κ3) is 4.10. The molecule has 1 aromatic carbocycles. The fourth-order valence-electron chi connectivity index (χ4n) is 1.71. The minimum absolute atomic E-state index is 0.252. The Balaban J connectivity index is 1.86. The van der Waals surface area contributed by atoms with Crippen LogP contribution in [0.25, 0.3) is 0 Å². The average Bonchev–Trinajstić information content (AvgIpc) is 2.39. The van der Waals surface area contributed by atoms with Crippen LogP contribution >= 0.6 is 0 Å². The number of amides is 2. The van der Waals surface area contributed by atoms with E-state index >= 15 is 0 Å². The highest BCUT2D eigenvalue weighted by Gasteiger charge is 2.02. The SMILES string of the molecule is Cc1ccc(NC(=O)NCc2cccc(C)c2)nc1. The number of carbonyl (C=O) groups excluding carboxylic acids is 1. The molecular formula is C15H17N3O. The van der Waals surface area contributed by atoms with E-state index in [-0.39, 0.29) is 6.03 Å². The zero-order valence-corrected chi connectivity index (χ0v) is 11.1. The molecule has 2 aromatic rings. The smallest absolute Gasteiger partial charge is 0.320 e. The maximum atomic E-state index is 11.7. The monoisotopic (exact) mass is 255 g/mol. The first-order chi connectivity index (χ1) is 9.13. The van der Waals surface area contributed by atoms with E-state index < -0.39 is 0 Å². The van der Waals surface area contributed by atoms with Crippen LogP contribution in [0, 0.1) is 13.8 Å². The van der Waals surface area contributed by atoms with E-state index in [4.69, 9.17) is 0 Å². The molecule has 0 aliphatic carbocycles. The Labute approximate surface area is 112 Å². The molecular weight excluding hydrogens is 238 g/mol. The lowest BCUT2D eigenvalue weighted by Gasteiger charge is -2.07. The van der Waals surface area contributed by atoms with Crippen LogP contribution < -0.4 is 10.6 Å². The van der Waals surface area contributed by atoms with Crippen LogP contribution in [0.15, 0.2) is 42.6 Å². The predicted molar refractivity (Wildman–Crippen MR) is 76.0 cm³/mol. The van der Waals surface area contributed by atoms with Gasteiger partial charge in [-0.05, 0) is 31.0 Å². The van der Waals surface area contributed by atoms with Crippen molar-refractivity contribution in [3.8, 4) is 0 Å². The van der Waals surface area contributed by atoms with Crippen molar-refractivity contribution in [1.29, 1.82) is 0 Å². The number of nitrogens with one attached hydrogen (secondary N) is 2. The Morgan fingerprint density at radius 1 is 1.16 bits per heavy atom. The summed E-state index contributed by atoms with van der Waals surface area (Å²) in [5.41, 5.74) is 3.32. The van der Waals surface area contributed by atoms with Gasteiger partial charge in [-0.2, -0.15) is 0 Å². The van der Waals surface area contributed by atoms with Gasteiger partial charge >= 0.3 is 6.03 Å². The molecule has 1 aromatic heterocycles. The number of benzene rings is 1. The van der Waals surface area contributed by atoms with Crippen molar-refractivity contribution in [2.45, 2.75) is 20.4 Å². The number of carbonyl (C=O) groups is 1. The quantitative estimate of drug-likeness (QED) is 0.885. The second-order valence-corrected chi connectivity index (χ2v) is 4.52. The van der Waals surface area contributed by atoms with Gasteiger partial charge in [-0.1, -0.05) is 35.9 Å². The summed E-state index contributed by atoms with van der Waals surface area (Å²) >= 11 is 0. The molecule has 0 radical (unpaired) electrons. The summed E-state index contributed by atoms with van der Waals surface area (Å²) < 4.78 is 0. The van der Waals surface area contributed by atoms with Gasteiger partial charge in [0.05, 0.1) is 0 Å². The lowest BCUT2D eigenvalue weighted by molar-refractivity contribution is 0.251. The Kier molecular flexibility index (Phi) is 4.13. The molecule has 2 N–H and O–H groups in total. The molecule has 2 rings (SSSR count). The van der Waals surface area contributed by atoms with Crippen molar-refractivity contribution >= 4 is 11.8 Å². The number of rotatable bonds is 3. The first kappa shape index (κ1) is 13.1. The van der Waals surface area contributed by atoms with Crippen molar-refractivity contribution in [3.63, 3.8) is 0 Å².